The quantitative estimate of drug-likeness (QED) is 0.437. The summed E-state index contributed by atoms with van der Waals surface area (Å²) in [6.07, 6.45) is 0. The van der Waals surface area contributed by atoms with Crippen LogP contribution in [0.2, 0.25) is 0 Å². The lowest BCUT2D eigenvalue weighted by atomic mass is 10.2. The third kappa shape index (κ3) is 3.97. The van der Waals surface area contributed by atoms with Crippen molar-refractivity contribution >= 4 is 17.3 Å². The zero-order valence-corrected chi connectivity index (χ0v) is 15.4. The smallest absolute Gasteiger partial charge is 0.265 e. The summed E-state index contributed by atoms with van der Waals surface area (Å²) in [6, 6.07) is 21.3. The maximum absolute atomic E-state index is 2.44. The van der Waals surface area contributed by atoms with Gasteiger partial charge in [0.2, 0.25) is 0 Å². The van der Waals surface area contributed by atoms with Gasteiger partial charge in [0.15, 0.2) is 0 Å². The molecule has 2 rings (SSSR count). The average molecular weight is 324 g/mol. The predicted octanol–water partition coefficient (Wildman–Crippen LogP) is 4.57. The van der Waals surface area contributed by atoms with Crippen LogP contribution in [-0.2, 0) is 0 Å². The molecule has 0 saturated heterocycles. The minimum atomic E-state index is 0.985. The summed E-state index contributed by atoms with van der Waals surface area (Å²) in [4.78, 5) is 4.81. The molecule has 0 bridgehead atoms. The van der Waals surface area contributed by atoms with E-state index in [9.17, 15) is 0 Å². The Hall–Kier alpha value is -2.29. The summed E-state index contributed by atoms with van der Waals surface area (Å²) in [5.74, 6) is 1.25. The predicted molar refractivity (Wildman–Crippen MR) is 104 cm³/mol. The summed E-state index contributed by atoms with van der Waals surface area (Å²) in [7, 11) is 0. The minimum Gasteiger partial charge on any atom is -0.265 e. The largest absolute Gasteiger partial charge is 0.360 e. The fourth-order valence-electron chi connectivity index (χ4n) is 3.03. The Balaban J connectivity index is 2.68. The number of para-hydroxylation sites is 2. The Morgan fingerprint density at radius 2 is 1.12 bits per heavy atom. The zero-order chi connectivity index (χ0) is 17.4. The molecule has 3 heteroatoms. The van der Waals surface area contributed by atoms with E-state index < -0.39 is 0 Å². The van der Waals surface area contributed by atoms with E-state index >= 15 is 0 Å². The first-order valence-electron chi connectivity index (χ1n) is 9.03. The van der Waals surface area contributed by atoms with Crippen molar-refractivity contribution in [3.05, 3.63) is 60.7 Å². The van der Waals surface area contributed by atoms with E-state index in [1.54, 1.807) is 0 Å². The molecule has 0 unspecified atom stereocenters. The first-order valence-corrected chi connectivity index (χ1v) is 9.03. The summed E-state index contributed by atoms with van der Waals surface area (Å²) >= 11 is 0. The van der Waals surface area contributed by atoms with Gasteiger partial charge in [-0.1, -0.05) is 36.4 Å². The number of anilines is 2. The Morgan fingerprint density at radius 3 is 1.46 bits per heavy atom. The lowest BCUT2D eigenvalue weighted by Gasteiger charge is -2.29. The van der Waals surface area contributed by atoms with Gasteiger partial charge in [-0.05, 0) is 52.0 Å². The van der Waals surface area contributed by atoms with Gasteiger partial charge < -0.3 is 0 Å². The first kappa shape index (κ1) is 18.1. The Morgan fingerprint density at radius 1 is 0.708 bits per heavy atom. The fraction of sp³-hybridized carbons (Fsp3) is 0.381. The molecule has 0 spiro atoms. The van der Waals surface area contributed by atoms with E-state index in [4.69, 9.17) is 0 Å². The highest BCUT2D eigenvalue weighted by Crippen LogP contribution is 2.26. The summed E-state index contributed by atoms with van der Waals surface area (Å²) in [5.41, 5.74) is 2.38. The number of benzene rings is 2. The second-order valence-corrected chi connectivity index (χ2v) is 5.65. The second kappa shape index (κ2) is 9.11. The highest BCUT2D eigenvalue weighted by atomic mass is 15.4. The van der Waals surface area contributed by atoms with Crippen molar-refractivity contribution in [2.24, 2.45) is 0 Å². The molecule has 0 atom stereocenters. The molecule has 0 aliphatic rings. The summed E-state index contributed by atoms with van der Waals surface area (Å²) in [6.45, 7) is 12.8. The van der Waals surface area contributed by atoms with Crippen molar-refractivity contribution in [2.45, 2.75) is 27.7 Å². The molecule has 128 valence electrons. The molecular formula is C21H30N3+. The molecule has 0 fully saturated rings. The molecule has 2 aromatic rings. The van der Waals surface area contributed by atoms with Gasteiger partial charge in [-0.25, -0.2) is 0 Å². The lowest BCUT2D eigenvalue weighted by Crippen LogP contribution is -2.48. The van der Waals surface area contributed by atoms with E-state index in [1.807, 2.05) is 0 Å². The lowest BCUT2D eigenvalue weighted by molar-refractivity contribution is -0.526. The fourth-order valence-corrected chi connectivity index (χ4v) is 3.03. The van der Waals surface area contributed by atoms with Gasteiger partial charge in [-0.15, -0.1) is 0 Å². The van der Waals surface area contributed by atoms with E-state index in [0.717, 1.165) is 26.2 Å². The van der Waals surface area contributed by atoms with E-state index in [-0.39, 0.29) is 0 Å². The van der Waals surface area contributed by atoms with Crippen LogP contribution in [0.25, 0.3) is 0 Å². The molecule has 0 aromatic heterocycles. The highest BCUT2D eigenvalue weighted by molar-refractivity contribution is 5.99. The summed E-state index contributed by atoms with van der Waals surface area (Å²) in [5, 5.41) is 0. The zero-order valence-electron chi connectivity index (χ0n) is 15.4. The molecule has 24 heavy (non-hydrogen) atoms. The molecule has 2 aromatic carbocycles. The first-order chi connectivity index (χ1) is 11.8. The maximum Gasteiger partial charge on any atom is 0.360 e. The Kier molecular flexibility index (Phi) is 6.86. The number of hydrogen-bond donors (Lipinski definition) is 0. The molecule has 0 amide bonds. The van der Waals surface area contributed by atoms with Crippen LogP contribution in [0.15, 0.2) is 60.7 Å². The van der Waals surface area contributed by atoms with Gasteiger partial charge in [0.05, 0.1) is 26.2 Å². The minimum absolute atomic E-state index is 0.985. The van der Waals surface area contributed by atoms with Gasteiger partial charge in [0, 0.05) is 0 Å². The van der Waals surface area contributed by atoms with E-state index in [2.05, 4.69) is 103 Å². The van der Waals surface area contributed by atoms with Crippen molar-refractivity contribution < 1.29 is 4.58 Å². The second-order valence-electron chi connectivity index (χ2n) is 5.65. The van der Waals surface area contributed by atoms with E-state index in [0.29, 0.717) is 0 Å². The number of hydrogen-bond acceptors (Lipinski definition) is 0. The number of rotatable bonds is 6. The molecular weight excluding hydrogens is 294 g/mol. The number of guanidine groups is 1. The van der Waals surface area contributed by atoms with Gasteiger partial charge in [0.1, 0.15) is 11.4 Å². The van der Waals surface area contributed by atoms with Crippen molar-refractivity contribution in [3.8, 4) is 0 Å². The van der Waals surface area contributed by atoms with Crippen LogP contribution >= 0.6 is 0 Å². The van der Waals surface area contributed by atoms with Crippen LogP contribution in [0, 0.1) is 0 Å². The average Bonchev–Trinajstić information content (AvgIpc) is 2.65. The topological polar surface area (TPSA) is 9.49 Å². The molecule has 0 radical (unpaired) electrons. The van der Waals surface area contributed by atoms with E-state index in [1.165, 1.54) is 17.3 Å². The van der Waals surface area contributed by atoms with Crippen LogP contribution < -0.4 is 4.90 Å². The van der Waals surface area contributed by atoms with Crippen LogP contribution in [0.1, 0.15) is 27.7 Å². The molecule has 0 aliphatic heterocycles. The SMILES string of the molecule is CCN(CC)C(N(c1ccccc1)c1ccccc1)=[N+](CC)CC. The standard InChI is InChI=1S/C21H30N3/c1-5-22(6-2)21(23(7-3)8-4)24(19-15-11-9-12-16-19)20-17-13-10-14-18-20/h9-18H,5-8H2,1-4H3/q+1. The van der Waals surface area contributed by atoms with Crippen molar-refractivity contribution in [1.29, 1.82) is 0 Å². The van der Waals surface area contributed by atoms with Crippen LogP contribution in [0.5, 0.6) is 0 Å². The third-order valence-electron chi connectivity index (χ3n) is 4.32. The molecule has 0 aliphatic carbocycles. The molecule has 0 N–H and O–H groups in total. The highest BCUT2D eigenvalue weighted by Gasteiger charge is 2.30. The van der Waals surface area contributed by atoms with Crippen molar-refractivity contribution in [2.75, 3.05) is 31.1 Å². The maximum atomic E-state index is 2.44. The number of nitrogens with zero attached hydrogens (tertiary/aromatic N) is 3. The van der Waals surface area contributed by atoms with Gasteiger partial charge in [0.25, 0.3) is 0 Å². The molecule has 3 nitrogen and oxygen atoms in total. The molecule has 0 saturated carbocycles. The summed E-state index contributed by atoms with van der Waals surface area (Å²) < 4.78 is 2.44. The van der Waals surface area contributed by atoms with Gasteiger partial charge in [-0.2, -0.15) is 4.90 Å². The monoisotopic (exact) mass is 324 g/mol. The van der Waals surface area contributed by atoms with Crippen LogP contribution in [-0.4, -0.2) is 41.6 Å². The van der Waals surface area contributed by atoms with Crippen molar-refractivity contribution in [3.63, 3.8) is 0 Å². The Labute approximate surface area is 146 Å². The van der Waals surface area contributed by atoms with Crippen LogP contribution in [0.4, 0.5) is 11.4 Å². The molecule has 0 heterocycles. The Bertz CT molecular complexity index is 585. The third-order valence-corrected chi connectivity index (χ3v) is 4.32. The van der Waals surface area contributed by atoms with Gasteiger partial charge in [-0.3, -0.25) is 9.48 Å². The van der Waals surface area contributed by atoms with Crippen LogP contribution in [0.3, 0.4) is 0 Å². The van der Waals surface area contributed by atoms with Crippen molar-refractivity contribution in [1.82, 2.24) is 4.90 Å². The normalized spacial score (nSPS) is 10.3. The van der Waals surface area contributed by atoms with Gasteiger partial charge >= 0.3 is 5.96 Å².